The Balaban J connectivity index is -0.000000245. The molecule has 1 N–H and O–H groups in total. The molecule has 0 aliphatic carbocycles. The van der Waals surface area contributed by atoms with Crippen molar-refractivity contribution in [3.05, 3.63) is 0 Å². The maximum absolute atomic E-state index is 10.7. The van der Waals surface area contributed by atoms with Gasteiger partial charge in [0.1, 0.15) is 0 Å². The molecule has 0 bridgehead atoms. The molecule has 0 unspecified atom stereocenters. The van der Waals surface area contributed by atoms with Crippen molar-refractivity contribution in [2.24, 2.45) is 0 Å². The zero-order valence-electron chi connectivity index (χ0n) is 4.01. The Bertz CT molecular complexity index is 173. The van der Waals surface area contributed by atoms with Crippen molar-refractivity contribution in [1.29, 1.82) is 0 Å². The van der Waals surface area contributed by atoms with Gasteiger partial charge in [0.15, 0.2) is 0 Å². The summed E-state index contributed by atoms with van der Waals surface area (Å²) >= 11 is 0. The van der Waals surface area contributed by atoms with Gasteiger partial charge in [0.2, 0.25) is 0 Å². The topological polar surface area (TPSA) is 54.4 Å². The summed E-state index contributed by atoms with van der Waals surface area (Å²) in [6, 6.07) is 0. The van der Waals surface area contributed by atoms with E-state index in [0.29, 0.717) is 0 Å². The van der Waals surface area contributed by atoms with Crippen molar-refractivity contribution in [1.82, 2.24) is 0 Å². The third-order valence-electron chi connectivity index (χ3n) is 0.292. The van der Waals surface area contributed by atoms with Gasteiger partial charge in [-0.25, -0.2) is 0 Å². The number of alkyl halides is 3. The standard InChI is InChI=1S/CHF3O3S.Li.Pb.3H/c2-1(3,4)8(5,6)7;;;;;/h(H,5,6,7);;;;;. The van der Waals surface area contributed by atoms with Crippen LogP contribution in [-0.2, 0) is 10.1 Å². The molecule has 0 spiro atoms. The first-order chi connectivity index (χ1) is 3.25. The molecule has 0 aromatic heterocycles. The van der Waals surface area contributed by atoms with Crippen LogP contribution in [0.15, 0.2) is 0 Å². The second-order valence-electron chi connectivity index (χ2n) is 0.921. The van der Waals surface area contributed by atoms with E-state index in [2.05, 4.69) is 0 Å². The zero-order chi connectivity index (χ0) is 7.00. The minimum atomic E-state index is -5.84. The minimum absolute atomic E-state index is 0. The third-order valence-corrected chi connectivity index (χ3v) is 0.877. The van der Waals surface area contributed by atoms with E-state index < -0.39 is 15.6 Å². The van der Waals surface area contributed by atoms with Gasteiger partial charge in [0.05, 0.1) is 0 Å². The zero-order valence-corrected chi connectivity index (χ0v) is 10.3. The molecular formula is CH4F3LiO3PbS. The van der Waals surface area contributed by atoms with Gasteiger partial charge in [-0.05, 0) is 0 Å². The van der Waals surface area contributed by atoms with Gasteiger partial charge in [0.25, 0.3) is 0 Å². The average molecular weight is 367 g/mol. The Kier molecular flexibility index (Phi) is 8.62. The normalized spacial score (nSPS) is 11.2. The van der Waals surface area contributed by atoms with E-state index >= 15 is 0 Å². The van der Waals surface area contributed by atoms with Crippen molar-refractivity contribution in [2.45, 2.75) is 5.51 Å². The van der Waals surface area contributed by atoms with Crippen LogP contribution in [-0.4, -0.2) is 64.6 Å². The number of hydrogen-bond acceptors (Lipinski definition) is 2. The Morgan fingerprint density at radius 1 is 1.20 bits per heavy atom. The molecule has 0 aromatic rings. The fourth-order valence-electron chi connectivity index (χ4n) is 0. The molecule has 58 valence electrons. The quantitative estimate of drug-likeness (QED) is 0.334. The van der Waals surface area contributed by atoms with Gasteiger partial charge in [0, 0.05) is 0 Å². The van der Waals surface area contributed by atoms with Crippen LogP contribution in [0.3, 0.4) is 0 Å². The molecule has 0 fully saturated rings. The van der Waals surface area contributed by atoms with Crippen LogP contribution >= 0.6 is 0 Å². The van der Waals surface area contributed by atoms with Crippen molar-refractivity contribution in [3.8, 4) is 0 Å². The molecular weight excluding hydrogens is 363 g/mol. The predicted molar refractivity (Wildman–Crippen MR) is 33.3 cm³/mol. The van der Waals surface area contributed by atoms with Crippen LogP contribution in [0, 0.1) is 0 Å². The van der Waals surface area contributed by atoms with Crippen LogP contribution in [0.1, 0.15) is 0 Å². The van der Waals surface area contributed by atoms with Gasteiger partial charge in [-0.15, -0.1) is 0 Å². The summed E-state index contributed by atoms with van der Waals surface area (Å²) in [6.07, 6.45) is 0. The Morgan fingerprint density at radius 2 is 1.30 bits per heavy atom. The summed E-state index contributed by atoms with van der Waals surface area (Å²) < 4.78 is 57.5. The fourth-order valence-corrected chi connectivity index (χ4v) is 0. The molecule has 3 nitrogen and oxygen atoms in total. The van der Waals surface area contributed by atoms with Crippen LogP contribution in [0.5, 0.6) is 0 Å². The first kappa shape index (κ1) is 17.3. The van der Waals surface area contributed by atoms with Gasteiger partial charge < -0.3 is 0 Å². The van der Waals surface area contributed by atoms with Crippen LogP contribution in [0.25, 0.3) is 0 Å². The SMILES string of the molecule is O=S(=O)(O)C(F)(F)F.[LiH].[PbH2]. The van der Waals surface area contributed by atoms with Crippen molar-refractivity contribution in [2.75, 3.05) is 0 Å². The van der Waals surface area contributed by atoms with Crippen molar-refractivity contribution >= 4 is 56.3 Å². The average Bonchev–Trinajstić information content (AvgIpc) is 1.25. The molecule has 10 heavy (non-hydrogen) atoms. The summed E-state index contributed by atoms with van der Waals surface area (Å²) in [5, 5.41) is 0. The van der Waals surface area contributed by atoms with E-state index in [0.717, 1.165) is 0 Å². The van der Waals surface area contributed by atoms with Crippen molar-refractivity contribution in [3.63, 3.8) is 0 Å². The molecule has 0 aliphatic heterocycles. The molecule has 9 heteroatoms. The number of hydrogen-bond donors (Lipinski definition) is 1. The Labute approximate surface area is 87.4 Å². The molecule has 0 saturated heterocycles. The van der Waals surface area contributed by atoms with Crippen LogP contribution < -0.4 is 0 Å². The van der Waals surface area contributed by atoms with E-state index in [-0.39, 0.29) is 46.2 Å². The molecule has 0 saturated carbocycles. The molecule has 2 radical (unpaired) electrons. The third kappa shape index (κ3) is 5.96. The van der Waals surface area contributed by atoms with E-state index in [1.165, 1.54) is 0 Å². The van der Waals surface area contributed by atoms with Crippen LogP contribution in [0.4, 0.5) is 13.2 Å². The van der Waals surface area contributed by atoms with Crippen molar-refractivity contribution < 1.29 is 26.1 Å². The molecule has 0 heterocycles. The summed E-state index contributed by atoms with van der Waals surface area (Å²) in [4.78, 5) is 0. The van der Waals surface area contributed by atoms with Gasteiger partial charge >= 0.3 is 61.8 Å². The first-order valence-electron chi connectivity index (χ1n) is 1.29. The van der Waals surface area contributed by atoms with E-state index in [1.54, 1.807) is 0 Å². The van der Waals surface area contributed by atoms with Gasteiger partial charge in [-0.3, -0.25) is 4.55 Å². The summed E-state index contributed by atoms with van der Waals surface area (Å²) in [6.45, 7) is 0. The van der Waals surface area contributed by atoms with E-state index in [4.69, 9.17) is 13.0 Å². The Hall–Kier alpha value is 1.22. The molecule has 0 amide bonds. The molecule has 0 atom stereocenters. The second-order valence-corrected chi connectivity index (χ2v) is 2.33. The maximum atomic E-state index is 10.7. The van der Waals surface area contributed by atoms with E-state index in [9.17, 15) is 13.2 Å². The second kappa shape index (κ2) is 4.97. The molecule has 0 aliphatic rings. The Morgan fingerprint density at radius 3 is 1.30 bits per heavy atom. The summed E-state index contributed by atoms with van der Waals surface area (Å²) in [7, 11) is -5.84. The molecule has 0 rings (SSSR count). The predicted octanol–water partition coefficient (Wildman–Crippen LogP) is -1.17. The van der Waals surface area contributed by atoms with Gasteiger partial charge in [-0.1, -0.05) is 0 Å². The summed E-state index contributed by atoms with van der Waals surface area (Å²) in [5.74, 6) is 0. The van der Waals surface area contributed by atoms with Crippen LogP contribution in [0.2, 0.25) is 0 Å². The van der Waals surface area contributed by atoms with E-state index in [1.807, 2.05) is 0 Å². The molecule has 0 aromatic carbocycles. The first-order valence-corrected chi connectivity index (χ1v) is 2.73. The fraction of sp³-hybridized carbons (Fsp3) is 1.00. The monoisotopic (exact) mass is 368 g/mol. The summed E-state index contributed by atoms with van der Waals surface area (Å²) in [5.41, 5.74) is -5.53. The van der Waals surface area contributed by atoms with Gasteiger partial charge in [-0.2, -0.15) is 21.6 Å². The number of halogens is 3. The number of rotatable bonds is 0.